The van der Waals surface area contributed by atoms with Gasteiger partial charge in [-0.1, -0.05) is 0 Å². The highest BCUT2D eigenvalue weighted by Gasteiger charge is 2.06. The lowest BCUT2D eigenvalue weighted by molar-refractivity contribution is -0.726. The van der Waals surface area contributed by atoms with Gasteiger partial charge in [-0.25, -0.2) is 9.13 Å². The van der Waals surface area contributed by atoms with Gasteiger partial charge >= 0.3 is 0 Å². The lowest BCUT2D eigenvalue weighted by Gasteiger charge is -2.02. The number of aromatic nitrogens is 2. The van der Waals surface area contributed by atoms with Gasteiger partial charge in [0, 0.05) is 38.1 Å². The molecule has 0 spiro atoms. The van der Waals surface area contributed by atoms with Crippen LogP contribution in [-0.4, -0.2) is 11.8 Å². The number of carbonyl (C=O) groups excluding carboxylic acids is 2. The molecule has 6 nitrogen and oxygen atoms in total. The third kappa shape index (κ3) is 5.86. The maximum absolute atomic E-state index is 11.0. The predicted octanol–water partition coefficient (Wildman–Crippen LogP) is 1.27. The smallest absolute Gasteiger partial charge is 0.221 e. The van der Waals surface area contributed by atoms with Crippen LogP contribution in [0.15, 0.2) is 49.1 Å². The quantitative estimate of drug-likeness (QED) is 0.789. The van der Waals surface area contributed by atoms with E-state index in [9.17, 15) is 9.59 Å². The number of hydrogen-bond acceptors (Lipinski definition) is 2. The second kappa shape index (κ2) is 8.03. The Kier molecular flexibility index (Phi) is 5.80. The lowest BCUT2D eigenvalue weighted by Crippen LogP contribution is -2.38. The molecule has 2 aromatic heterocycles. The van der Waals surface area contributed by atoms with E-state index >= 15 is 0 Å². The van der Waals surface area contributed by atoms with Crippen molar-refractivity contribution in [2.45, 2.75) is 33.4 Å². The van der Waals surface area contributed by atoms with E-state index in [1.807, 2.05) is 49.1 Å². The van der Waals surface area contributed by atoms with Gasteiger partial charge in [0.1, 0.15) is 0 Å². The number of aryl methyl sites for hydroxylation is 2. The highest BCUT2D eigenvalue weighted by atomic mass is 16.2. The summed E-state index contributed by atoms with van der Waals surface area (Å²) in [4.78, 5) is 21.9. The van der Waals surface area contributed by atoms with Gasteiger partial charge in [-0.2, -0.15) is 0 Å². The molecule has 0 aliphatic carbocycles. The van der Waals surface area contributed by atoms with E-state index in [-0.39, 0.29) is 11.8 Å². The van der Waals surface area contributed by atoms with Crippen molar-refractivity contribution in [1.29, 1.82) is 0 Å². The molecule has 120 valence electrons. The first-order chi connectivity index (χ1) is 11.0. The van der Waals surface area contributed by atoms with Crippen LogP contribution >= 0.6 is 0 Å². The second-order valence-corrected chi connectivity index (χ2v) is 5.37. The predicted molar refractivity (Wildman–Crippen MR) is 86.5 cm³/mol. The van der Waals surface area contributed by atoms with Crippen molar-refractivity contribution in [3.8, 4) is 0 Å². The number of carbonyl (C=O) groups is 2. The number of amides is 2. The van der Waals surface area contributed by atoms with Crippen molar-refractivity contribution in [1.82, 2.24) is 0 Å². The molecule has 0 aliphatic rings. The summed E-state index contributed by atoms with van der Waals surface area (Å²) in [7, 11) is 0. The molecule has 2 rings (SSSR count). The van der Waals surface area contributed by atoms with Crippen LogP contribution in [0.25, 0.3) is 0 Å². The first-order valence-corrected chi connectivity index (χ1v) is 7.56. The zero-order valence-corrected chi connectivity index (χ0v) is 13.5. The van der Waals surface area contributed by atoms with Crippen molar-refractivity contribution in [2.24, 2.45) is 0 Å². The fourth-order valence-electron chi connectivity index (χ4n) is 2.22. The van der Waals surface area contributed by atoms with E-state index in [1.165, 1.54) is 13.8 Å². The molecule has 6 heteroatoms. The van der Waals surface area contributed by atoms with Crippen LogP contribution in [0.3, 0.4) is 0 Å². The molecule has 2 amide bonds. The van der Waals surface area contributed by atoms with Crippen LogP contribution in [0.2, 0.25) is 0 Å². The Morgan fingerprint density at radius 1 is 0.783 bits per heavy atom. The van der Waals surface area contributed by atoms with Gasteiger partial charge in [0.15, 0.2) is 37.9 Å². The molecule has 23 heavy (non-hydrogen) atoms. The number of hydrogen-bond donors (Lipinski definition) is 2. The second-order valence-electron chi connectivity index (χ2n) is 5.37. The molecule has 0 atom stereocenters. The Morgan fingerprint density at radius 2 is 1.13 bits per heavy atom. The van der Waals surface area contributed by atoms with Crippen LogP contribution < -0.4 is 19.8 Å². The number of nitrogens with zero attached hydrogens (tertiary/aromatic N) is 2. The summed E-state index contributed by atoms with van der Waals surface area (Å²) in [5.74, 6) is -0.135. The first-order valence-electron chi connectivity index (χ1n) is 7.56. The zero-order chi connectivity index (χ0) is 16.7. The molecule has 0 saturated heterocycles. The number of nitrogens with one attached hydrogen (secondary N) is 2. The maximum Gasteiger partial charge on any atom is 0.221 e. The first kappa shape index (κ1) is 16.6. The van der Waals surface area contributed by atoms with Crippen LogP contribution in [0.4, 0.5) is 11.4 Å². The third-order valence-corrected chi connectivity index (χ3v) is 3.26. The van der Waals surface area contributed by atoms with E-state index in [1.54, 1.807) is 0 Å². The van der Waals surface area contributed by atoms with E-state index in [0.717, 1.165) is 30.9 Å². The van der Waals surface area contributed by atoms with E-state index in [0.29, 0.717) is 0 Å². The molecule has 0 aromatic carbocycles. The van der Waals surface area contributed by atoms with Gasteiger partial charge in [-0.05, 0) is 0 Å². The van der Waals surface area contributed by atoms with Crippen LogP contribution in [0, 0.1) is 0 Å². The van der Waals surface area contributed by atoms with Crippen LogP contribution in [0.5, 0.6) is 0 Å². The zero-order valence-electron chi connectivity index (χ0n) is 13.5. The summed E-state index contributed by atoms with van der Waals surface area (Å²) in [6, 6.07) is 7.54. The molecule has 2 N–H and O–H groups in total. The van der Waals surface area contributed by atoms with Crippen LogP contribution in [0.1, 0.15) is 20.3 Å². The Balaban J connectivity index is 1.80. The van der Waals surface area contributed by atoms with E-state index < -0.39 is 0 Å². The van der Waals surface area contributed by atoms with Gasteiger partial charge in [-0.3, -0.25) is 9.59 Å². The molecule has 0 radical (unpaired) electrons. The molecule has 0 bridgehead atoms. The molecule has 0 saturated carbocycles. The number of rotatable bonds is 6. The minimum Gasteiger partial charge on any atom is -0.326 e. The minimum absolute atomic E-state index is 0.0677. The van der Waals surface area contributed by atoms with E-state index in [2.05, 4.69) is 19.8 Å². The molecular weight excluding hydrogens is 292 g/mol. The van der Waals surface area contributed by atoms with Crippen molar-refractivity contribution >= 4 is 23.2 Å². The minimum atomic E-state index is -0.0677. The van der Waals surface area contributed by atoms with Gasteiger partial charge in [0.25, 0.3) is 0 Å². The van der Waals surface area contributed by atoms with Gasteiger partial charge < -0.3 is 10.6 Å². The van der Waals surface area contributed by atoms with Gasteiger partial charge in [0.05, 0.1) is 17.8 Å². The standard InChI is InChI=1S/C17H20N4O2/c1-14(22)18-16-4-10-20(11-5-16)8-3-9-21-12-6-17(7-13-21)19-15(2)23/h4-7,10-13H,3,8-9H2,1-2H3/p+2. The van der Waals surface area contributed by atoms with Crippen molar-refractivity contribution in [3.05, 3.63) is 49.1 Å². The highest BCUT2D eigenvalue weighted by molar-refractivity contribution is 5.88. The number of anilines is 2. The lowest BCUT2D eigenvalue weighted by atomic mass is 10.3. The summed E-state index contributed by atoms with van der Waals surface area (Å²) < 4.78 is 4.16. The summed E-state index contributed by atoms with van der Waals surface area (Å²) >= 11 is 0. The topological polar surface area (TPSA) is 66.0 Å². The molecule has 0 unspecified atom stereocenters. The average molecular weight is 314 g/mol. The summed E-state index contributed by atoms with van der Waals surface area (Å²) in [6.45, 7) is 4.77. The summed E-state index contributed by atoms with van der Waals surface area (Å²) in [5.41, 5.74) is 1.60. The molecular formula is C17H22N4O2+2. The third-order valence-electron chi connectivity index (χ3n) is 3.26. The van der Waals surface area contributed by atoms with Crippen LogP contribution in [-0.2, 0) is 22.7 Å². The fourth-order valence-corrected chi connectivity index (χ4v) is 2.22. The largest absolute Gasteiger partial charge is 0.326 e. The molecule has 2 aromatic rings. The Bertz CT molecular complexity index is 606. The van der Waals surface area contributed by atoms with Crippen molar-refractivity contribution < 1.29 is 18.7 Å². The molecule has 0 fully saturated rings. The monoisotopic (exact) mass is 314 g/mol. The average Bonchev–Trinajstić information content (AvgIpc) is 2.50. The molecule has 0 aliphatic heterocycles. The highest BCUT2D eigenvalue weighted by Crippen LogP contribution is 2.03. The number of pyridine rings is 2. The fraction of sp³-hybridized carbons (Fsp3) is 0.294. The maximum atomic E-state index is 11.0. The molecule has 2 heterocycles. The van der Waals surface area contributed by atoms with Gasteiger partial charge in [-0.15, -0.1) is 0 Å². The normalized spacial score (nSPS) is 10.2. The van der Waals surface area contributed by atoms with E-state index in [4.69, 9.17) is 0 Å². The van der Waals surface area contributed by atoms with Crippen molar-refractivity contribution in [3.63, 3.8) is 0 Å². The van der Waals surface area contributed by atoms with Crippen molar-refractivity contribution in [2.75, 3.05) is 10.6 Å². The summed E-state index contributed by atoms with van der Waals surface area (Å²) in [6.07, 6.45) is 8.80. The Labute approximate surface area is 135 Å². The van der Waals surface area contributed by atoms with Gasteiger partial charge in [0.2, 0.25) is 11.8 Å². The Morgan fingerprint density at radius 3 is 1.43 bits per heavy atom. The SMILES string of the molecule is CC(=O)Nc1cc[n+](CCC[n+]2ccc(NC(C)=O)cc2)cc1. The summed E-state index contributed by atoms with van der Waals surface area (Å²) in [5, 5.41) is 5.49. The Hall–Kier alpha value is -2.76.